The first-order valence-corrected chi connectivity index (χ1v) is 9.60. The van der Waals surface area contributed by atoms with Crippen LogP contribution in [-0.2, 0) is 5.54 Å². The zero-order valence-electron chi connectivity index (χ0n) is 16.7. The molecule has 0 saturated carbocycles. The van der Waals surface area contributed by atoms with Gasteiger partial charge in [0.1, 0.15) is 17.5 Å². The summed E-state index contributed by atoms with van der Waals surface area (Å²) in [5.74, 6) is 0.782. The quantitative estimate of drug-likeness (QED) is 0.352. The van der Waals surface area contributed by atoms with Gasteiger partial charge in [-0.25, -0.2) is 10.4 Å². The lowest BCUT2D eigenvalue weighted by molar-refractivity contribution is -0.0330. The second kappa shape index (κ2) is 9.02. The topological polar surface area (TPSA) is 44.7 Å². The first-order valence-electron chi connectivity index (χ1n) is 9.60. The molecule has 0 bridgehead atoms. The minimum Gasteiger partial charge on any atom is -0.496 e. The van der Waals surface area contributed by atoms with Crippen molar-refractivity contribution in [2.75, 3.05) is 13.7 Å². The van der Waals surface area contributed by atoms with Gasteiger partial charge in [0.15, 0.2) is 0 Å². The molecule has 0 aliphatic carbocycles. The van der Waals surface area contributed by atoms with Gasteiger partial charge in [0.2, 0.25) is 0 Å². The SMILES string of the molecule is CCN(NC(c1ccccc1)(c1ccccc1)c1ccccc1OC)C(C)O. The minimum absolute atomic E-state index is 0.633. The molecule has 146 valence electrons. The second-order valence-electron chi connectivity index (χ2n) is 6.71. The monoisotopic (exact) mass is 376 g/mol. The highest BCUT2D eigenvalue weighted by molar-refractivity contribution is 5.54. The molecule has 28 heavy (non-hydrogen) atoms. The number of hydrazine groups is 1. The van der Waals surface area contributed by atoms with Crippen LogP contribution >= 0.6 is 0 Å². The number of ether oxygens (including phenoxy) is 1. The molecule has 0 radical (unpaired) electrons. The van der Waals surface area contributed by atoms with Crippen LogP contribution in [0.1, 0.15) is 30.5 Å². The van der Waals surface area contributed by atoms with Crippen LogP contribution in [0.25, 0.3) is 0 Å². The lowest BCUT2D eigenvalue weighted by Crippen LogP contribution is -2.56. The summed E-state index contributed by atoms with van der Waals surface area (Å²) in [6, 6.07) is 28.6. The van der Waals surface area contributed by atoms with E-state index in [1.54, 1.807) is 14.0 Å². The fourth-order valence-corrected chi connectivity index (χ4v) is 3.65. The van der Waals surface area contributed by atoms with Crippen molar-refractivity contribution in [3.05, 3.63) is 102 Å². The number of hydrogen-bond acceptors (Lipinski definition) is 4. The van der Waals surface area contributed by atoms with Gasteiger partial charge in [-0.05, 0) is 24.1 Å². The molecular formula is C24H28N2O2. The molecule has 1 unspecified atom stereocenters. The molecule has 0 spiro atoms. The molecule has 4 nitrogen and oxygen atoms in total. The van der Waals surface area contributed by atoms with Crippen LogP contribution in [0.15, 0.2) is 84.9 Å². The predicted octanol–water partition coefficient (Wildman–Crippen LogP) is 4.15. The number of para-hydroxylation sites is 1. The van der Waals surface area contributed by atoms with Crippen molar-refractivity contribution in [3.8, 4) is 5.75 Å². The van der Waals surface area contributed by atoms with Gasteiger partial charge in [-0.1, -0.05) is 85.8 Å². The zero-order chi connectivity index (χ0) is 20.0. The van der Waals surface area contributed by atoms with E-state index in [1.165, 1.54) is 0 Å². The van der Waals surface area contributed by atoms with Crippen molar-refractivity contribution in [1.82, 2.24) is 10.4 Å². The average Bonchev–Trinajstić information content (AvgIpc) is 2.76. The van der Waals surface area contributed by atoms with Crippen molar-refractivity contribution in [3.63, 3.8) is 0 Å². The molecule has 4 heteroatoms. The summed E-state index contributed by atoms with van der Waals surface area (Å²) in [5.41, 5.74) is 6.01. The Morgan fingerprint density at radius 2 is 1.39 bits per heavy atom. The van der Waals surface area contributed by atoms with E-state index in [-0.39, 0.29) is 0 Å². The number of aliphatic hydroxyl groups excluding tert-OH is 1. The van der Waals surface area contributed by atoms with Crippen LogP contribution in [0.3, 0.4) is 0 Å². The summed E-state index contributed by atoms with van der Waals surface area (Å²) in [4.78, 5) is 0. The Hall–Kier alpha value is -2.66. The van der Waals surface area contributed by atoms with Gasteiger partial charge in [-0.15, -0.1) is 0 Å². The molecular weight excluding hydrogens is 348 g/mol. The smallest absolute Gasteiger partial charge is 0.124 e. The van der Waals surface area contributed by atoms with E-state index >= 15 is 0 Å². The number of nitrogens with zero attached hydrogens (tertiary/aromatic N) is 1. The van der Waals surface area contributed by atoms with Crippen LogP contribution in [-0.4, -0.2) is 30.0 Å². The number of benzene rings is 3. The van der Waals surface area contributed by atoms with Crippen LogP contribution in [0.5, 0.6) is 5.75 Å². The number of methoxy groups -OCH3 is 1. The molecule has 3 aromatic rings. The Labute approximate surface area is 167 Å². The van der Waals surface area contributed by atoms with Gasteiger partial charge in [-0.2, -0.15) is 0 Å². The first kappa shape index (κ1) is 20.1. The Morgan fingerprint density at radius 3 is 1.86 bits per heavy atom. The molecule has 3 aromatic carbocycles. The van der Waals surface area contributed by atoms with E-state index in [4.69, 9.17) is 4.74 Å². The van der Waals surface area contributed by atoms with Crippen LogP contribution in [0.4, 0.5) is 0 Å². The fourth-order valence-electron chi connectivity index (χ4n) is 3.65. The molecule has 1 atom stereocenters. The maximum Gasteiger partial charge on any atom is 0.124 e. The van der Waals surface area contributed by atoms with E-state index in [1.807, 2.05) is 66.5 Å². The summed E-state index contributed by atoms with van der Waals surface area (Å²) in [6.07, 6.45) is -0.661. The number of rotatable bonds is 8. The highest BCUT2D eigenvalue weighted by Crippen LogP contribution is 2.41. The number of hydrogen-bond donors (Lipinski definition) is 2. The summed E-state index contributed by atoms with van der Waals surface area (Å²) < 4.78 is 5.75. The maximum atomic E-state index is 10.4. The van der Waals surface area contributed by atoms with E-state index < -0.39 is 11.8 Å². The zero-order valence-corrected chi connectivity index (χ0v) is 16.7. The number of nitrogens with one attached hydrogen (secondary N) is 1. The normalized spacial score (nSPS) is 12.8. The lowest BCUT2D eigenvalue weighted by Gasteiger charge is -2.42. The van der Waals surface area contributed by atoms with Crippen molar-refractivity contribution < 1.29 is 9.84 Å². The molecule has 0 amide bonds. The Morgan fingerprint density at radius 1 is 0.893 bits per heavy atom. The van der Waals surface area contributed by atoms with E-state index in [9.17, 15) is 5.11 Å². The summed E-state index contributed by atoms with van der Waals surface area (Å²) in [6.45, 7) is 4.41. The maximum absolute atomic E-state index is 10.4. The molecule has 0 saturated heterocycles. The fraction of sp³-hybridized carbons (Fsp3) is 0.250. The Kier molecular flexibility index (Phi) is 6.47. The predicted molar refractivity (Wildman–Crippen MR) is 113 cm³/mol. The van der Waals surface area contributed by atoms with Crippen molar-refractivity contribution in [2.24, 2.45) is 0 Å². The van der Waals surface area contributed by atoms with E-state index in [0.717, 1.165) is 22.4 Å². The molecule has 0 aromatic heterocycles. The van der Waals surface area contributed by atoms with Gasteiger partial charge in [0.05, 0.1) is 7.11 Å². The average molecular weight is 377 g/mol. The largest absolute Gasteiger partial charge is 0.496 e. The highest BCUT2D eigenvalue weighted by atomic mass is 16.5. The summed E-state index contributed by atoms with van der Waals surface area (Å²) >= 11 is 0. The van der Waals surface area contributed by atoms with E-state index in [2.05, 4.69) is 35.8 Å². The molecule has 3 rings (SSSR count). The van der Waals surface area contributed by atoms with Crippen LogP contribution in [0, 0.1) is 0 Å². The van der Waals surface area contributed by atoms with Gasteiger partial charge < -0.3 is 9.84 Å². The lowest BCUT2D eigenvalue weighted by atomic mass is 9.77. The second-order valence-corrected chi connectivity index (χ2v) is 6.71. The van der Waals surface area contributed by atoms with Crippen molar-refractivity contribution in [1.29, 1.82) is 0 Å². The molecule has 0 aliphatic rings. The van der Waals surface area contributed by atoms with Crippen molar-refractivity contribution >= 4 is 0 Å². The number of aliphatic hydroxyl groups is 1. The molecule has 0 aliphatic heterocycles. The minimum atomic E-state index is -0.734. The molecule has 2 N–H and O–H groups in total. The Balaban J connectivity index is 2.35. The third kappa shape index (κ3) is 3.80. The highest BCUT2D eigenvalue weighted by Gasteiger charge is 2.40. The standard InChI is InChI=1S/C24H28N2O2/c1-4-26(19(2)27)25-24(20-13-7-5-8-14-20,21-15-9-6-10-16-21)22-17-11-12-18-23(22)28-3/h5-19,25,27H,4H2,1-3H3. The first-order chi connectivity index (χ1) is 13.6. The third-order valence-electron chi connectivity index (χ3n) is 5.03. The summed E-state index contributed by atoms with van der Waals surface area (Å²) in [7, 11) is 1.69. The van der Waals surface area contributed by atoms with Gasteiger partial charge >= 0.3 is 0 Å². The van der Waals surface area contributed by atoms with Crippen molar-refractivity contribution in [2.45, 2.75) is 25.6 Å². The van der Waals surface area contributed by atoms with Gasteiger partial charge in [0.25, 0.3) is 0 Å². The molecule has 0 fully saturated rings. The van der Waals surface area contributed by atoms with Gasteiger partial charge in [-0.3, -0.25) is 0 Å². The van der Waals surface area contributed by atoms with Crippen LogP contribution < -0.4 is 10.2 Å². The van der Waals surface area contributed by atoms with Gasteiger partial charge in [0, 0.05) is 12.1 Å². The Bertz CT molecular complexity index is 827. The third-order valence-corrected chi connectivity index (χ3v) is 5.03. The van der Waals surface area contributed by atoms with Crippen LogP contribution in [0.2, 0.25) is 0 Å². The molecule has 0 heterocycles. The van der Waals surface area contributed by atoms with E-state index in [0.29, 0.717) is 6.54 Å². The summed E-state index contributed by atoms with van der Waals surface area (Å²) in [5, 5.41) is 12.2.